The molecule has 1 aliphatic rings. The zero-order valence-corrected chi connectivity index (χ0v) is 12.4. The van der Waals surface area contributed by atoms with Crippen molar-refractivity contribution in [3.63, 3.8) is 0 Å². The van der Waals surface area contributed by atoms with E-state index in [9.17, 15) is 19.4 Å². The smallest absolute Gasteiger partial charge is 0.224 e. The molecule has 1 saturated carbocycles. The van der Waals surface area contributed by atoms with Crippen molar-refractivity contribution in [1.29, 1.82) is 0 Å². The number of phenols is 1. The monoisotopic (exact) mass is 315 g/mol. The van der Waals surface area contributed by atoms with Crippen LogP contribution in [0.4, 0.5) is 4.39 Å². The maximum Gasteiger partial charge on any atom is 0.224 e. The summed E-state index contributed by atoms with van der Waals surface area (Å²) in [7, 11) is 0. The van der Waals surface area contributed by atoms with Gasteiger partial charge in [-0.05, 0) is 47.7 Å². The van der Waals surface area contributed by atoms with Crippen LogP contribution in [0.1, 0.15) is 29.5 Å². The van der Waals surface area contributed by atoms with E-state index in [2.05, 4.69) is 5.32 Å². The molecule has 3 atom stereocenters. The number of halogens is 1. The van der Waals surface area contributed by atoms with E-state index in [1.807, 2.05) is 0 Å². The zero-order valence-electron chi connectivity index (χ0n) is 12.4. The molecule has 1 aliphatic carbocycles. The molecule has 2 aromatic rings. The van der Waals surface area contributed by atoms with Gasteiger partial charge in [-0.1, -0.05) is 24.3 Å². The van der Waals surface area contributed by atoms with Gasteiger partial charge in [-0.15, -0.1) is 0 Å². The molecule has 0 radical (unpaired) electrons. The van der Waals surface area contributed by atoms with Crippen LogP contribution in [0.5, 0.6) is 5.75 Å². The van der Waals surface area contributed by atoms with Gasteiger partial charge in [0.05, 0.1) is 12.6 Å². The van der Waals surface area contributed by atoms with Gasteiger partial charge in [-0.3, -0.25) is 4.79 Å². The van der Waals surface area contributed by atoms with Crippen LogP contribution in [0, 0.1) is 11.7 Å². The van der Waals surface area contributed by atoms with Gasteiger partial charge in [0.15, 0.2) is 0 Å². The fourth-order valence-corrected chi connectivity index (χ4v) is 2.78. The van der Waals surface area contributed by atoms with Crippen LogP contribution in [0.2, 0.25) is 0 Å². The Hall–Kier alpha value is -2.40. The van der Waals surface area contributed by atoms with Gasteiger partial charge in [-0.2, -0.15) is 0 Å². The van der Waals surface area contributed by atoms with Gasteiger partial charge in [-0.25, -0.2) is 4.39 Å². The van der Waals surface area contributed by atoms with Crippen molar-refractivity contribution in [3.05, 3.63) is 65.5 Å². The van der Waals surface area contributed by atoms with Crippen molar-refractivity contribution >= 4 is 5.91 Å². The molecule has 0 saturated heterocycles. The predicted octanol–water partition coefficient (Wildman–Crippen LogP) is 2.48. The predicted molar refractivity (Wildman–Crippen MR) is 83.3 cm³/mol. The molecule has 1 fully saturated rings. The Morgan fingerprint density at radius 2 is 1.83 bits per heavy atom. The van der Waals surface area contributed by atoms with E-state index in [-0.39, 0.29) is 35.9 Å². The third-order valence-electron chi connectivity index (χ3n) is 4.22. The SMILES string of the molecule is O=C(NC(CO)c1ccc(O)cc1)C1CC1c1ccc(F)cc1. The van der Waals surface area contributed by atoms with E-state index in [1.165, 1.54) is 24.3 Å². The Morgan fingerprint density at radius 3 is 2.43 bits per heavy atom. The molecule has 2 aromatic carbocycles. The Balaban J connectivity index is 1.62. The number of aliphatic hydroxyl groups is 1. The van der Waals surface area contributed by atoms with Crippen LogP contribution < -0.4 is 5.32 Å². The molecule has 0 aromatic heterocycles. The number of hydrogen-bond donors (Lipinski definition) is 3. The molecule has 0 bridgehead atoms. The highest BCUT2D eigenvalue weighted by atomic mass is 19.1. The second-order valence-corrected chi connectivity index (χ2v) is 5.84. The number of amides is 1. The molecular weight excluding hydrogens is 297 g/mol. The minimum absolute atomic E-state index is 0.106. The van der Waals surface area contributed by atoms with Gasteiger partial charge >= 0.3 is 0 Å². The summed E-state index contributed by atoms with van der Waals surface area (Å²) in [6.07, 6.45) is 0.727. The molecular formula is C18H18FNO3. The van der Waals surface area contributed by atoms with Crippen LogP contribution in [0.15, 0.2) is 48.5 Å². The van der Waals surface area contributed by atoms with Crippen molar-refractivity contribution in [2.45, 2.75) is 18.4 Å². The van der Waals surface area contributed by atoms with Crippen molar-refractivity contribution in [1.82, 2.24) is 5.32 Å². The van der Waals surface area contributed by atoms with E-state index < -0.39 is 6.04 Å². The third kappa shape index (κ3) is 3.51. The van der Waals surface area contributed by atoms with Gasteiger partial charge in [0.25, 0.3) is 0 Å². The zero-order chi connectivity index (χ0) is 16.4. The number of rotatable bonds is 5. The standard InChI is InChI=1S/C18H18FNO3/c19-13-5-1-11(2-6-13)15-9-16(15)18(23)20-17(10-21)12-3-7-14(22)8-4-12/h1-8,15-17,21-22H,9-10H2,(H,20,23). The van der Waals surface area contributed by atoms with E-state index in [4.69, 9.17) is 0 Å². The van der Waals surface area contributed by atoms with Crippen molar-refractivity contribution in [2.75, 3.05) is 6.61 Å². The lowest BCUT2D eigenvalue weighted by molar-refractivity contribution is -0.123. The maximum atomic E-state index is 12.9. The quantitative estimate of drug-likeness (QED) is 0.794. The summed E-state index contributed by atoms with van der Waals surface area (Å²) < 4.78 is 12.9. The molecule has 3 N–H and O–H groups in total. The van der Waals surface area contributed by atoms with Gasteiger partial charge in [0.1, 0.15) is 11.6 Å². The molecule has 3 rings (SSSR count). The van der Waals surface area contributed by atoms with Crippen LogP contribution in [0.25, 0.3) is 0 Å². The molecule has 1 amide bonds. The second kappa shape index (κ2) is 6.38. The number of aliphatic hydroxyl groups excluding tert-OH is 1. The van der Waals surface area contributed by atoms with E-state index in [0.717, 1.165) is 17.5 Å². The van der Waals surface area contributed by atoms with Crippen molar-refractivity contribution in [3.8, 4) is 5.75 Å². The number of hydrogen-bond acceptors (Lipinski definition) is 3. The first-order valence-electron chi connectivity index (χ1n) is 7.54. The highest BCUT2D eigenvalue weighted by molar-refractivity contribution is 5.83. The summed E-state index contributed by atoms with van der Waals surface area (Å²) in [5.41, 5.74) is 1.69. The molecule has 120 valence electrons. The largest absolute Gasteiger partial charge is 0.508 e. The topological polar surface area (TPSA) is 69.6 Å². The Labute approximate surface area is 133 Å². The number of benzene rings is 2. The van der Waals surface area contributed by atoms with E-state index in [0.29, 0.717) is 0 Å². The lowest BCUT2D eigenvalue weighted by Gasteiger charge is -2.17. The summed E-state index contributed by atoms with van der Waals surface area (Å²) in [6, 6.07) is 12.1. The highest BCUT2D eigenvalue weighted by Gasteiger charge is 2.44. The minimum atomic E-state index is -0.502. The maximum absolute atomic E-state index is 12.9. The van der Waals surface area contributed by atoms with Crippen molar-refractivity contribution in [2.24, 2.45) is 5.92 Å². The normalized spacial score (nSPS) is 20.8. The molecule has 0 heterocycles. The number of nitrogens with one attached hydrogen (secondary N) is 1. The number of carbonyl (C=O) groups is 1. The second-order valence-electron chi connectivity index (χ2n) is 5.84. The molecule has 3 unspecified atom stereocenters. The van der Waals surface area contributed by atoms with E-state index >= 15 is 0 Å². The molecule has 23 heavy (non-hydrogen) atoms. The van der Waals surface area contributed by atoms with Crippen LogP contribution in [-0.4, -0.2) is 22.7 Å². The first-order valence-corrected chi connectivity index (χ1v) is 7.54. The Morgan fingerprint density at radius 1 is 1.17 bits per heavy atom. The first-order chi connectivity index (χ1) is 11.1. The summed E-state index contributed by atoms with van der Waals surface area (Å²) >= 11 is 0. The van der Waals surface area contributed by atoms with Crippen LogP contribution in [-0.2, 0) is 4.79 Å². The Bertz CT molecular complexity index is 684. The Kier molecular flexibility index (Phi) is 4.30. The van der Waals surface area contributed by atoms with E-state index in [1.54, 1.807) is 24.3 Å². The van der Waals surface area contributed by atoms with Gasteiger partial charge in [0.2, 0.25) is 5.91 Å². The summed E-state index contributed by atoms with van der Waals surface area (Å²) in [4.78, 5) is 12.3. The van der Waals surface area contributed by atoms with Gasteiger partial charge in [0, 0.05) is 5.92 Å². The summed E-state index contributed by atoms with van der Waals surface area (Å²) in [6.45, 7) is -0.218. The van der Waals surface area contributed by atoms with Crippen LogP contribution in [0.3, 0.4) is 0 Å². The molecule has 0 aliphatic heterocycles. The number of phenolic OH excluding ortho intramolecular Hbond substituents is 1. The minimum Gasteiger partial charge on any atom is -0.508 e. The summed E-state index contributed by atoms with van der Waals surface area (Å²) in [5.74, 6) is -0.314. The summed E-state index contributed by atoms with van der Waals surface area (Å²) in [5, 5.41) is 21.6. The van der Waals surface area contributed by atoms with Gasteiger partial charge < -0.3 is 15.5 Å². The number of carbonyl (C=O) groups excluding carboxylic acids is 1. The fraction of sp³-hybridized carbons (Fsp3) is 0.278. The lowest BCUT2D eigenvalue weighted by atomic mass is 10.1. The van der Waals surface area contributed by atoms with Crippen molar-refractivity contribution < 1.29 is 19.4 Å². The lowest BCUT2D eigenvalue weighted by Crippen LogP contribution is -2.32. The molecule has 0 spiro atoms. The number of aromatic hydroxyl groups is 1. The average Bonchev–Trinajstić information content (AvgIpc) is 3.35. The fourth-order valence-electron chi connectivity index (χ4n) is 2.78. The molecule has 4 nitrogen and oxygen atoms in total. The first kappa shape index (κ1) is 15.5. The highest BCUT2D eigenvalue weighted by Crippen LogP contribution is 2.47. The molecule has 5 heteroatoms. The average molecular weight is 315 g/mol. The third-order valence-corrected chi connectivity index (χ3v) is 4.22. The van der Waals surface area contributed by atoms with Crippen LogP contribution >= 0.6 is 0 Å².